The van der Waals surface area contributed by atoms with Crippen molar-refractivity contribution in [2.75, 3.05) is 20.8 Å². The van der Waals surface area contributed by atoms with Crippen LogP contribution in [-0.4, -0.2) is 38.5 Å². The Morgan fingerprint density at radius 3 is 2.17 bits per heavy atom. The van der Waals surface area contributed by atoms with E-state index in [4.69, 9.17) is 18.9 Å². The van der Waals surface area contributed by atoms with Crippen molar-refractivity contribution in [1.82, 2.24) is 0 Å². The third-order valence-electron chi connectivity index (χ3n) is 6.30. The normalized spacial score (nSPS) is 21.3. The van der Waals surface area contributed by atoms with Crippen LogP contribution in [0.15, 0.2) is 48.5 Å². The van der Waals surface area contributed by atoms with Gasteiger partial charge in [0.2, 0.25) is 0 Å². The summed E-state index contributed by atoms with van der Waals surface area (Å²) >= 11 is 0. The highest BCUT2D eigenvalue weighted by Crippen LogP contribution is 2.42. The number of hydrogen-bond acceptors (Lipinski definition) is 5. The number of hydrogen-bond donors (Lipinski definition) is 0. The van der Waals surface area contributed by atoms with E-state index in [2.05, 4.69) is 0 Å². The first kappa shape index (κ1) is 20.9. The van der Waals surface area contributed by atoms with Crippen LogP contribution in [0.2, 0.25) is 0 Å². The van der Waals surface area contributed by atoms with E-state index in [-0.39, 0.29) is 17.8 Å². The Labute approximate surface area is 178 Å². The molecule has 30 heavy (non-hydrogen) atoms. The molecule has 1 aliphatic carbocycles. The van der Waals surface area contributed by atoms with Crippen molar-refractivity contribution in [2.24, 2.45) is 0 Å². The molecule has 1 aliphatic heterocycles. The van der Waals surface area contributed by atoms with Crippen molar-refractivity contribution in [2.45, 2.75) is 56.3 Å². The third-order valence-corrected chi connectivity index (χ3v) is 6.30. The lowest BCUT2D eigenvalue weighted by molar-refractivity contribution is -0.188. The second-order valence-electron chi connectivity index (χ2n) is 8.17. The summed E-state index contributed by atoms with van der Waals surface area (Å²) in [5.74, 6) is 1.09. The number of ether oxygens (including phenoxy) is 4. The van der Waals surface area contributed by atoms with Gasteiger partial charge in [0.1, 0.15) is 11.5 Å². The van der Waals surface area contributed by atoms with Crippen LogP contribution < -0.4 is 9.47 Å². The maximum atomic E-state index is 13.1. The zero-order valence-electron chi connectivity index (χ0n) is 17.8. The SMILES string of the molecule is COc1ccc(C(=O)C[C@H](c2ccc(OC)cc2)[C@H]2COC3(CCCCC3)O2)cc1. The maximum Gasteiger partial charge on any atom is 0.168 e. The molecule has 5 heteroatoms. The summed E-state index contributed by atoms with van der Waals surface area (Å²) in [4.78, 5) is 13.1. The average molecular weight is 411 g/mol. The number of Topliss-reactive ketones (excluding diaryl/α,β-unsaturated/α-hetero) is 1. The van der Waals surface area contributed by atoms with Crippen LogP contribution in [0.3, 0.4) is 0 Å². The van der Waals surface area contributed by atoms with Gasteiger partial charge in [-0.05, 0) is 54.8 Å². The lowest BCUT2D eigenvalue weighted by Gasteiger charge is -2.33. The van der Waals surface area contributed by atoms with Gasteiger partial charge in [-0.25, -0.2) is 0 Å². The average Bonchev–Trinajstić information content (AvgIpc) is 3.20. The summed E-state index contributed by atoms with van der Waals surface area (Å²) in [5.41, 5.74) is 1.75. The predicted octanol–water partition coefficient (Wildman–Crippen LogP) is 5.14. The molecule has 0 N–H and O–H groups in total. The number of carbonyl (C=O) groups excluding carboxylic acids is 1. The zero-order valence-corrected chi connectivity index (χ0v) is 17.8. The minimum Gasteiger partial charge on any atom is -0.497 e. The fraction of sp³-hybridized carbons (Fsp3) is 0.480. The minimum absolute atomic E-state index is 0.0770. The van der Waals surface area contributed by atoms with Gasteiger partial charge in [-0.2, -0.15) is 0 Å². The van der Waals surface area contributed by atoms with Crippen LogP contribution in [0.4, 0.5) is 0 Å². The third kappa shape index (κ3) is 4.52. The van der Waals surface area contributed by atoms with Gasteiger partial charge in [0.15, 0.2) is 11.6 Å². The predicted molar refractivity (Wildman–Crippen MR) is 114 cm³/mol. The van der Waals surface area contributed by atoms with E-state index in [9.17, 15) is 4.79 Å². The van der Waals surface area contributed by atoms with Gasteiger partial charge in [-0.3, -0.25) is 4.79 Å². The van der Waals surface area contributed by atoms with Crippen molar-refractivity contribution >= 4 is 5.78 Å². The summed E-state index contributed by atoms with van der Waals surface area (Å²) in [5, 5.41) is 0. The molecule has 0 aromatic heterocycles. The first-order chi connectivity index (χ1) is 14.6. The van der Waals surface area contributed by atoms with E-state index in [1.54, 1.807) is 14.2 Å². The van der Waals surface area contributed by atoms with Crippen LogP contribution in [0.5, 0.6) is 11.5 Å². The maximum absolute atomic E-state index is 13.1. The van der Waals surface area contributed by atoms with E-state index in [1.807, 2.05) is 48.5 Å². The van der Waals surface area contributed by atoms with Gasteiger partial charge in [0.25, 0.3) is 0 Å². The van der Waals surface area contributed by atoms with Gasteiger partial charge in [0.05, 0.1) is 26.9 Å². The van der Waals surface area contributed by atoms with Crippen LogP contribution >= 0.6 is 0 Å². The van der Waals surface area contributed by atoms with Crippen molar-refractivity contribution < 1.29 is 23.7 Å². The highest BCUT2D eigenvalue weighted by molar-refractivity contribution is 5.96. The molecule has 5 nitrogen and oxygen atoms in total. The molecule has 0 radical (unpaired) electrons. The Balaban J connectivity index is 1.55. The first-order valence-corrected chi connectivity index (χ1v) is 10.8. The van der Waals surface area contributed by atoms with E-state index in [0.717, 1.165) is 42.7 Å². The quantitative estimate of drug-likeness (QED) is 0.592. The Bertz CT molecular complexity index is 837. The second kappa shape index (κ2) is 9.19. The fourth-order valence-corrected chi connectivity index (χ4v) is 4.54. The Kier molecular flexibility index (Phi) is 6.40. The van der Waals surface area contributed by atoms with Crippen molar-refractivity contribution in [3.05, 3.63) is 59.7 Å². The molecule has 2 aromatic carbocycles. The van der Waals surface area contributed by atoms with Crippen molar-refractivity contribution in [3.8, 4) is 11.5 Å². The molecule has 0 bridgehead atoms. The van der Waals surface area contributed by atoms with Crippen LogP contribution in [-0.2, 0) is 9.47 Å². The number of benzene rings is 2. The Morgan fingerprint density at radius 1 is 0.967 bits per heavy atom. The highest BCUT2D eigenvalue weighted by Gasteiger charge is 2.45. The van der Waals surface area contributed by atoms with Crippen LogP contribution in [0, 0.1) is 0 Å². The summed E-state index contributed by atoms with van der Waals surface area (Å²) in [6.07, 6.45) is 5.59. The summed E-state index contributed by atoms with van der Waals surface area (Å²) < 4.78 is 23.2. The lowest BCUT2D eigenvalue weighted by atomic mass is 9.87. The standard InChI is InChI=1S/C25H30O5/c1-27-20-10-6-18(7-11-20)22(16-23(26)19-8-12-21(28-2)13-9-19)24-17-29-25(30-24)14-4-3-5-15-25/h6-13,22,24H,3-5,14-17H2,1-2H3/t22-,24-/m1/s1. The molecule has 2 fully saturated rings. The van der Waals surface area contributed by atoms with Gasteiger partial charge in [-0.1, -0.05) is 18.6 Å². The first-order valence-electron chi connectivity index (χ1n) is 10.8. The largest absolute Gasteiger partial charge is 0.497 e. The molecule has 1 saturated carbocycles. The Morgan fingerprint density at radius 2 is 1.57 bits per heavy atom. The molecule has 160 valence electrons. The molecule has 0 unspecified atom stereocenters. The van der Waals surface area contributed by atoms with Gasteiger partial charge in [0, 0.05) is 30.7 Å². The summed E-state index contributed by atoms with van der Waals surface area (Å²) in [6.45, 7) is 0.520. The van der Waals surface area contributed by atoms with E-state index >= 15 is 0 Å². The molecular formula is C25H30O5. The minimum atomic E-state index is -0.462. The van der Waals surface area contributed by atoms with Crippen LogP contribution in [0.1, 0.15) is 60.4 Å². The molecule has 4 rings (SSSR count). The number of rotatable bonds is 7. The molecule has 0 amide bonds. The highest BCUT2D eigenvalue weighted by atomic mass is 16.7. The lowest BCUT2D eigenvalue weighted by Crippen LogP contribution is -2.34. The monoisotopic (exact) mass is 410 g/mol. The number of methoxy groups -OCH3 is 2. The smallest absolute Gasteiger partial charge is 0.168 e. The number of ketones is 1. The molecule has 2 aliphatic rings. The zero-order chi connectivity index (χ0) is 21.0. The van der Waals surface area contributed by atoms with Crippen molar-refractivity contribution in [1.29, 1.82) is 0 Å². The van der Waals surface area contributed by atoms with Gasteiger partial charge >= 0.3 is 0 Å². The van der Waals surface area contributed by atoms with Crippen molar-refractivity contribution in [3.63, 3.8) is 0 Å². The molecule has 2 atom stereocenters. The van der Waals surface area contributed by atoms with E-state index < -0.39 is 5.79 Å². The summed E-state index contributed by atoms with van der Waals surface area (Å²) in [7, 11) is 3.27. The van der Waals surface area contributed by atoms with Crippen LogP contribution in [0.25, 0.3) is 0 Å². The topological polar surface area (TPSA) is 54.0 Å². The molecule has 1 spiro atoms. The van der Waals surface area contributed by atoms with Gasteiger partial charge in [-0.15, -0.1) is 0 Å². The molecule has 2 aromatic rings. The summed E-state index contributed by atoms with van der Waals surface area (Å²) in [6, 6.07) is 15.2. The second-order valence-corrected chi connectivity index (χ2v) is 8.17. The fourth-order valence-electron chi connectivity index (χ4n) is 4.54. The molecular weight excluding hydrogens is 380 g/mol. The van der Waals surface area contributed by atoms with Gasteiger partial charge < -0.3 is 18.9 Å². The molecule has 1 saturated heterocycles. The molecule has 1 heterocycles. The van der Waals surface area contributed by atoms with E-state index in [0.29, 0.717) is 18.6 Å². The Hall–Kier alpha value is -2.37. The van der Waals surface area contributed by atoms with E-state index in [1.165, 1.54) is 6.42 Å². The number of carbonyl (C=O) groups is 1.